The molecular formula is C48H71F5N4O9Si. The quantitative estimate of drug-likeness (QED) is 0.0171. The van der Waals surface area contributed by atoms with E-state index in [1.807, 2.05) is 6.92 Å². The number of esters is 1. The van der Waals surface area contributed by atoms with Crippen molar-refractivity contribution in [1.29, 1.82) is 0 Å². The van der Waals surface area contributed by atoms with Gasteiger partial charge in [0.1, 0.15) is 13.2 Å². The molecule has 5 rings (SSSR count). The summed E-state index contributed by atoms with van der Waals surface area (Å²) in [7, 11) is -2.06. The maximum Gasteiger partial charge on any atom is 0.344 e. The Morgan fingerprint density at radius 2 is 1.19 bits per heavy atom. The van der Waals surface area contributed by atoms with Crippen molar-refractivity contribution in [2.75, 3.05) is 26.4 Å². The van der Waals surface area contributed by atoms with Crippen molar-refractivity contribution in [1.82, 2.24) is 16.3 Å². The minimum absolute atomic E-state index is 0.0167. The van der Waals surface area contributed by atoms with Crippen LogP contribution >= 0.6 is 0 Å². The Bertz CT molecular complexity index is 2160. The molecular weight excluding hydrogens is 900 g/mol. The molecule has 0 radical (unpaired) electrons. The number of ether oxygens (including phenoxy) is 5. The first-order chi connectivity index (χ1) is 30.9. The van der Waals surface area contributed by atoms with Crippen LogP contribution < -0.4 is 45.8 Å². The second-order valence-corrected chi connectivity index (χ2v) is 25.0. The first-order valence-corrected chi connectivity index (χ1v) is 25.2. The molecule has 0 fully saturated rings. The number of nitrogens with two attached hydrogens (primary N) is 1. The highest BCUT2D eigenvalue weighted by Gasteiger charge is 2.39. The van der Waals surface area contributed by atoms with E-state index in [4.69, 9.17) is 29.2 Å². The average Bonchev–Trinajstić information content (AvgIpc) is 3.25. The number of rotatable bonds is 12. The van der Waals surface area contributed by atoms with Gasteiger partial charge in [-0.15, -0.1) is 0 Å². The number of nitrogens with one attached hydrogen (secondary N) is 3. The topological polar surface area (TPSA) is 172 Å². The van der Waals surface area contributed by atoms with Gasteiger partial charge in [0, 0.05) is 28.8 Å². The molecule has 2 aliphatic heterocycles. The average molecular weight is 971 g/mol. The van der Waals surface area contributed by atoms with Gasteiger partial charge in [-0.2, -0.15) is 8.78 Å². The summed E-state index contributed by atoms with van der Waals surface area (Å²) in [6.07, 6.45) is 1.10. The van der Waals surface area contributed by atoms with Crippen molar-refractivity contribution >= 4 is 20.2 Å². The first kappa shape index (κ1) is 56.8. The number of carbonyl (C=O) groups is 2. The van der Waals surface area contributed by atoms with Crippen LogP contribution in [0.3, 0.4) is 0 Å². The highest BCUT2D eigenvalue weighted by molar-refractivity contribution is 6.74. The van der Waals surface area contributed by atoms with E-state index in [1.54, 1.807) is 12.1 Å². The van der Waals surface area contributed by atoms with Crippen molar-refractivity contribution in [2.24, 2.45) is 16.7 Å². The van der Waals surface area contributed by atoms with E-state index in [1.165, 1.54) is 19.1 Å². The fraction of sp³-hybridized carbons (Fsp3) is 0.583. The molecule has 0 saturated heterocycles. The number of halogens is 5. The van der Waals surface area contributed by atoms with Crippen LogP contribution in [0.4, 0.5) is 22.0 Å². The van der Waals surface area contributed by atoms with Gasteiger partial charge in [0.2, 0.25) is 34.8 Å². The number of hydrogen-bond donors (Lipinski definition) is 5. The summed E-state index contributed by atoms with van der Waals surface area (Å²) in [5.41, 5.74) is 10.3. The fourth-order valence-electron chi connectivity index (χ4n) is 6.73. The second kappa shape index (κ2) is 23.2. The van der Waals surface area contributed by atoms with Gasteiger partial charge in [-0.25, -0.2) is 23.4 Å². The lowest BCUT2D eigenvalue weighted by Gasteiger charge is -2.38. The SMILES string of the molecule is CCC(NN)C(C)(C)C.CCC(NNC(=O)c1ccc2c(c1C)O[C@H](CO)CO2)C(C)(C)C.Cc1c(C(=O)Oc2c(F)c(F)c(F)c(F)c2F)ccc2c1O[C@H](CO[Si](C)(C)C(C)(C)C)CO2. The molecule has 0 bridgehead atoms. The molecule has 2 unspecified atom stereocenters. The van der Waals surface area contributed by atoms with E-state index >= 15 is 0 Å². The summed E-state index contributed by atoms with van der Waals surface area (Å²) in [6, 6.07) is 6.69. The largest absolute Gasteiger partial charge is 0.486 e. The van der Waals surface area contributed by atoms with Crippen molar-refractivity contribution < 1.29 is 64.8 Å². The molecule has 376 valence electrons. The van der Waals surface area contributed by atoms with Crippen molar-refractivity contribution in [3.8, 4) is 28.7 Å². The summed E-state index contributed by atoms with van der Waals surface area (Å²) in [5, 5.41) is 9.22. The third-order valence-electron chi connectivity index (χ3n) is 12.1. The summed E-state index contributed by atoms with van der Waals surface area (Å²) >= 11 is 0. The maximum atomic E-state index is 13.9. The van der Waals surface area contributed by atoms with Gasteiger partial charge < -0.3 is 33.2 Å². The minimum Gasteiger partial charge on any atom is -0.486 e. The Balaban J connectivity index is 0.000000312. The van der Waals surface area contributed by atoms with E-state index < -0.39 is 61.3 Å². The normalized spacial score (nSPS) is 16.7. The number of fused-ring (bicyclic) bond motifs is 2. The fourth-order valence-corrected chi connectivity index (χ4v) is 7.77. The zero-order valence-corrected chi connectivity index (χ0v) is 42.5. The number of hydrogen-bond acceptors (Lipinski definition) is 12. The zero-order valence-electron chi connectivity index (χ0n) is 41.5. The van der Waals surface area contributed by atoms with Crippen molar-refractivity contribution in [3.05, 3.63) is 75.6 Å². The van der Waals surface area contributed by atoms with Crippen LogP contribution in [0, 0.1) is 53.8 Å². The highest BCUT2D eigenvalue weighted by atomic mass is 28.4. The summed E-state index contributed by atoms with van der Waals surface area (Å²) in [4.78, 5) is 25.1. The molecule has 3 aromatic rings. The first-order valence-electron chi connectivity index (χ1n) is 22.3. The van der Waals surface area contributed by atoms with Gasteiger partial charge >= 0.3 is 5.97 Å². The number of amides is 1. The van der Waals surface area contributed by atoms with Crippen LogP contribution in [0.2, 0.25) is 18.1 Å². The molecule has 0 spiro atoms. The molecule has 0 aliphatic carbocycles. The van der Waals surface area contributed by atoms with Gasteiger partial charge in [-0.3, -0.25) is 21.5 Å². The minimum atomic E-state index is -2.35. The predicted octanol–water partition coefficient (Wildman–Crippen LogP) is 9.53. The molecule has 0 saturated carbocycles. The molecule has 4 atom stereocenters. The molecule has 67 heavy (non-hydrogen) atoms. The van der Waals surface area contributed by atoms with E-state index in [9.17, 15) is 36.6 Å². The number of hydrazine groups is 2. The standard InChI is InChI=1S/C23H25F5O5Si.C18H28N2O4.C7H18N2/c1-11-13(22(29)33-21-18(27)16(25)15(24)17(26)19(21)28)7-8-14-20(11)32-12(9-30-14)10-31-34(5,6)23(2,3)4;1-6-15(18(3,4)5)19-20-17(22)13-7-8-14-16(11(13)2)24-12(9-21)10-23-14;1-5-6(9-8)7(2,3)4/h7-8,12H,9-10H2,1-6H3;7-8,12,15,19,21H,6,9-10H2,1-5H3,(H,20,22);6,9H,5,8H2,1-4H3/t12-;12-,15?;/m01./s1. The Morgan fingerprint density at radius 3 is 1.63 bits per heavy atom. The molecule has 2 heterocycles. The van der Waals surface area contributed by atoms with E-state index in [-0.39, 0.29) is 64.5 Å². The van der Waals surface area contributed by atoms with Gasteiger partial charge in [-0.1, -0.05) is 76.2 Å². The van der Waals surface area contributed by atoms with Crippen LogP contribution in [-0.4, -0.2) is 76.0 Å². The highest BCUT2D eigenvalue weighted by Crippen LogP contribution is 2.41. The third-order valence-corrected chi connectivity index (χ3v) is 16.6. The number of aliphatic hydroxyl groups excluding tert-OH is 1. The lowest BCUT2D eigenvalue weighted by Crippen LogP contribution is -2.49. The Morgan fingerprint density at radius 1 is 0.746 bits per heavy atom. The van der Waals surface area contributed by atoms with Crippen LogP contribution in [0.5, 0.6) is 28.7 Å². The van der Waals surface area contributed by atoms with Crippen LogP contribution in [0.25, 0.3) is 0 Å². The predicted molar refractivity (Wildman–Crippen MR) is 249 cm³/mol. The van der Waals surface area contributed by atoms with Gasteiger partial charge in [0.25, 0.3) is 5.91 Å². The van der Waals surface area contributed by atoms with Gasteiger partial charge in [0.15, 0.2) is 43.5 Å². The van der Waals surface area contributed by atoms with Gasteiger partial charge in [0.05, 0.1) is 18.8 Å². The lowest BCUT2D eigenvalue weighted by molar-refractivity contribution is 0.0448. The van der Waals surface area contributed by atoms with E-state index in [0.717, 1.165) is 12.8 Å². The lowest BCUT2D eigenvalue weighted by atomic mass is 9.86. The third kappa shape index (κ3) is 14.3. The zero-order chi connectivity index (χ0) is 51.0. The molecule has 3 aromatic carbocycles. The monoisotopic (exact) mass is 970 g/mol. The number of carbonyl (C=O) groups excluding carboxylic acids is 2. The van der Waals surface area contributed by atoms with Crippen LogP contribution in [-0.2, 0) is 4.43 Å². The van der Waals surface area contributed by atoms with E-state index in [2.05, 4.69) is 110 Å². The molecule has 0 aromatic heterocycles. The Kier molecular flexibility index (Phi) is 19.6. The maximum absolute atomic E-state index is 13.9. The number of benzene rings is 3. The molecule has 13 nitrogen and oxygen atoms in total. The van der Waals surface area contributed by atoms with E-state index in [0.29, 0.717) is 41.0 Å². The molecule has 2 aliphatic rings. The summed E-state index contributed by atoms with van der Waals surface area (Å²) in [5.74, 6) is -7.54. The van der Waals surface area contributed by atoms with Gasteiger partial charge in [-0.05, 0) is 79.9 Å². The molecule has 1 amide bonds. The van der Waals surface area contributed by atoms with Crippen molar-refractivity contribution in [2.45, 2.75) is 145 Å². The second-order valence-electron chi connectivity index (χ2n) is 20.2. The molecule has 6 N–H and O–H groups in total. The summed E-state index contributed by atoms with van der Waals surface area (Å²) in [6.45, 7) is 31.5. The van der Waals surface area contributed by atoms with Crippen molar-refractivity contribution in [3.63, 3.8) is 0 Å². The smallest absolute Gasteiger partial charge is 0.344 e. The van der Waals surface area contributed by atoms with Crippen LogP contribution in [0.15, 0.2) is 24.3 Å². The number of aliphatic hydroxyl groups is 1. The molecule has 19 heteroatoms. The summed E-state index contributed by atoms with van der Waals surface area (Å²) < 4.78 is 102. The Hall–Kier alpha value is -4.53. The Labute approximate surface area is 393 Å². The van der Waals surface area contributed by atoms with Crippen LogP contribution in [0.1, 0.15) is 121 Å².